The van der Waals surface area contributed by atoms with E-state index >= 15 is 0 Å². The Kier molecular flexibility index (Phi) is 4.35. The normalized spacial score (nSPS) is 14.2. The first-order valence-electron chi connectivity index (χ1n) is 5.74. The van der Waals surface area contributed by atoms with Crippen molar-refractivity contribution in [3.05, 3.63) is 21.9 Å². The summed E-state index contributed by atoms with van der Waals surface area (Å²) in [4.78, 5) is 2.90. The molecule has 0 fully saturated rings. The van der Waals surface area contributed by atoms with E-state index in [0.29, 0.717) is 11.5 Å². The van der Waals surface area contributed by atoms with Gasteiger partial charge in [0.15, 0.2) is 0 Å². The monoisotopic (exact) mass is 225 g/mol. The molecule has 0 saturated heterocycles. The molecule has 0 aliphatic carbocycles. The van der Waals surface area contributed by atoms with Gasteiger partial charge < -0.3 is 5.73 Å². The molecule has 1 unspecified atom stereocenters. The van der Waals surface area contributed by atoms with Gasteiger partial charge in [0.25, 0.3) is 0 Å². The summed E-state index contributed by atoms with van der Waals surface area (Å²) in [6.45, 7) is 8.95. The Morgan fingerprint density at radius 2 is 1.87 bits per heavy atom. The summed E-state index contributed by atoms with van der Waals surface area (Å²) in [7, 11) is 0. The van der Waals surface area contributed by atoms with Crippen molar-refractivity contribution in [3.8, 4) is 0 Å². The van der Waals surface area contributed by atoms with Gasteiger partial charge in [0.05, 0.1) is 0 Å². The van der Waals surface area contributed by atoms with E-state index in [1.807, 2.05) is 11.3 Å². The first-order chi connectivity index (χ1) is 6.90. The molecule has 2 N–H and O–H groups in total. The topological polar surface area (TPSA) is 26.0 Å². The second-order valence-corrected chi connectivity index (χ2v) is 6.70. The Bertz CT molecular complexity index is 296. The standard InChI is InChI=1S/C13H23NS/c1-5-11-6-7-12(15-11)8-10(14)9-13(2,3)4/h6-7,10H,5,8-9,14H2,1-4H3. The van der Waals surface area contributed by atoms with Crippen LogP contribution in [0.15, 0.2) is 12.1 Å². The fourth-order valence-corrected chi connectivity index (χ4v) is 2.89. The number of hydrogen-bond donors (Lipinski definition) is 1. The summed E-state index contributed by atoms with van der Waals surface area (Å²) in [5, 5.41) is 0. The minimum atomic E-state index is 0.299. The molecule has 0 radical (unpaired) electrons. The lowest BCUT2D eigenvalue weighted by molar-refractivity contribution is 0.339. The molecule has 1 rings (SSSR count). The van der Waals surface area contributed by atoms with Gasteiger partial charge in [-0.05, 0) is 36.8 Å². The van der Waals surface area contributed by atoms with E-state index in [-0.39, 0.29) is 0 Å². The molecule has 0 aliphatic rings. The summed E-state index contributed by atoms with van der Waals surface area (Å²) in [6, 6.07) is 4.75. The average molecular weight is 225 g/mol. The molecule has 1 atom stereocenters. The number of nitrogens with two attached hydrogens (primary N) is 1. The van der Waals surface area contributed by atoms with Crippen LogP contribution >= 0.6 is 11.3 Å². The van der Waals surface area contributed by atoms with Crippen LogP contribution in [0.5, 0.6) is 0 Å². The fourth-order valence-electron chi connectivity index (χ4n) is 1.84. The molecular formula is C13H23NS. The Labute approximate surface area is 97.7 Å². The lowest BCUT2D eigenvalue weighted by Crippen LogP contribution is -2.28. The highest BCUT2D eigenvalue weighted by molar-refractivity contribution is 7.11. The van der Waals surface area contributed by atoms with E-state index < -0.39 is 0 Å². The number of hydrogen-bond acceptors (Lipinski definition) is 2. The van der Waals surface area contributed by atoms with E-state index in [9.17, 15) is 0 Å². The van der Waals surface area contributed by atoms with Gasteiger partial charge in [0, 0.05) is 15.8 Å². The predicted molar refractivity (Wildman–Crippen MR) is 69.4 cm³/mol. The Hall–Kier alpha value is -0.340. The van der Waals surface area contributed by atoms with Crippen LogP contribution in [-0.2, 0) is 12.8 Å². The third-order valence-electron chi connectivity index (χ3n) is 2.40. The second kappa shape index (κ2) is 5.13. The zero-order valence-corrected chi connectivity index (χ0v) is 11.2. The molecule has 0 bridgehead atoms. The molecule has 0 aromatic carbocycles. The SMILES string of the molecule is CCc1ccc(CC(N)CC(C)(C)C)s1. The highest BCUT2D eigenvalue weighted by Gasteiger charge is 2.16. The summed E-state index contributed by atoms with van der Waals surface area (Å²) in [5.41, 5.74) is 6.49. The van der Waals surface area contributed by atoms with Gasteiger partial charge in [-0.3, -0.25) is 0 Å². The van der Waals surface area contributed by atoms with Gasteiger partial charge in [-0.15, -0.1) is 11.3 Å². The Morgan fingerprint density at radius 3 is 2.33 bits per heavy atom. The molecule has 15 heavy (non-hydrogen) atoms. The number of aryl methyl sites for hydroxylation is 1. The van der Waals surface area contributed by atoms with Crippen molar-refractivity contribution in [1.82, 2.24) is 0 Å². The highest BCUT2D eigenvalue weighted by atomic mass is 32.1. The van der Waals surface area contributed by atoms with Gasteiger partial charge in [-0.25, -0.2) is 0 Å². The maximum absolute atomic E-state index is 6.15. The van der Waals surface area contributed by atoms with E-state index in [2.05, 4.69) is 39.8 Å². The van der Waals surface area contributed by atoms with Crippen LogP contribution in [0.4, 0.5) is 0 Å². The second-order valence-electron chi connectivity index (χ2n) is 5.45. The molecule has 1 nitrogen and oxygen atoms in total. The van der Waals surface area contributed by atoms with Crippen molar-refractivity contribution in [2.24, 2.45) is 11.1 Å². The maximum atomic E-state index is 6.15. The van der Waals surface area contributed by atoms with Crippen molar-refractivity contribution in [2.75, 3.05) is 0 Å². The van der Waals surface area contributed by atoms with Crippen LogP contribution in [0.3, 0.4) is 0 Å². The molecule has 0 amide bonds. The summed E-state index contributed by atoms with van der Waals surface area (Å²) in [5.74, 6) is 0. The molecule has 2 heteroatoms. The Balaban J connectivity index is 2.47. The van der Waals surface area contributed by atoms with Crippen molar-refractivity contribution in [3.63, 3.8) is 0 Å². The zero-order valence-electron chi connectivity index (χ0n) is 10.3. The highest BCUT2D eigenvalue weighted by Crippen LogP contribution is 2.24. The molecule has 0 aliphatic heterocycles. The summed E-state index contributed by atoms with van der Waals surface area (Å²) < 4.78 is 0. The molecule has 1 aromatic heterocycles. The first-order valence-corrected chi connectivity index (χ1v) is 6.55. The van der Waals surface area contributed by atoms with Crippen molar-refractivity contribution < 1.29 is 0 Å². The van der Waals surface area contributed by atoms with E-state index in [1.165, 1.54) is 9.75 Å². The maximum Gasteiger partial charge on any atom is 0.00921 e. The van der Waals surface area contributed by atoms with Crippen molar-refractivity contribution >= 4 is 11.3 Å². The van der Waals surface area contributed by atoms with Crippen LogP contribution < -0.4 is 5.73 Å². The largest absolute Gasteiger partial charge is 0.327 e. The molecule has 1 heterocycles. The minimum Gasteiger partial charge on any atom is -0.327 e. The van der Waals surface area contributed by atoms with Gasteiger partial charge in [-0.1, -0.05) is 27.7 Å². The third-order valence-corrected chi connectivity index (χ3v) is 3.66. The average Bonchev–Trinajstić information content (AvgIpc) is 2.48. The summed E-state index contributed by atoms with van der Waals surface area (Å²) >= 11 is 1.91. The molecule has 0 saturated carbocycles. The lowest BCUT2D eigenvalue weighted by atomic mass is 9.87. The molecule has 0 spiro atoms. The first kappa shape index (κ1) is 12.7. The van der Waals surface area contributed by atoms with Gasteiger partial charge in [0.1, 0.15) is 0 Å². The Morgan fingerprint density at radius 1 is 1.27 bits per heavy atom. The van der Waals surface area contributed by atoms with Crippen LogP contribution in [-0.4, -0.2) is 6.04 Å². The van der Waals surface area contributed by atoms with Crippen LogP contribution in [0.1, 0.15) is 43.9 Å². The summed E-state index contributed by atoms with van der Waals surface area (Å²) in [6.07, 6.45) is 3.26. The van der Waals surface area contributed by atoms with Crippen LogP contribution in [0, 0.1) is 5.41 Å². The van der Waals surface area contributed by atoms with Crippen LogP contribution in [0.2, 0.25) is 0 Å². The lowest BCUT2D eigenvalue weighted by Gasteiger charge is -2.22. The van der Waals surface area contributed by atoms with E-state index in [4.69, 9.17) is 5.73 Å². The predicted octanol–water partition coefficient (Wildman–Crippen LogP) is 3.62. The van der Waals surface area contributed by atoms with Gasteiger partial charge in [-0.2, -0.15) is 0 Å². The fraction of sp³-hybridized carbons (Fsp3) is 0.692. The van der Waals surface area contributed by atoms with Gasteiger partial charge >= 0.3 is 0 Å². The van der Waals surface area contributed by atoms with Crippen LogP contribution in [0.25, 0.3) is 0 Å². The minimum absolute atomic E-state index is 0.299. The van der Waals surface area contributed by atoms with E-state index in [0.717, 1.165) is 19.3 Å². The van der Waals surface area contributed by atoms with E-state index in [1.54, 1.807) is 0 Å². The number of rotatable bonds is 4. The van der Waals surface area contributed by atoms with Crippen molar-refractivity contribution in [1.29, 1.82) is 0 Å². The molecule has 86 valence electrons. The third kappa shape index (κ3) is 4.80. The van der Waals surface area contributed by atoms with Gasteiger partial charge in [0.2, 0.25) is 0 Å². The zero-order chi connectivity index (χ0) is 11.5. The smallest absolute Gasteiger partial charge is 0.00921 e. The molecule has 1 aromatic rings. The molecular weight excluding hydrogens is 202 g/mol. The van der Waals surface area contributed by atoms with Crippen molar-refractivity contribution in [2.45, 2.75) is 53.0 Å². The number of thiophene rings is 1. The quantitative estimate of drug-likeness (QED) is 0.832.